The maximum absolute atomic E-state index is 12.3. The van der Waals surface area contributed by atoms with Crippen LogP contribution in [0.1, 0.15) is 29.6 Å². The second kappa shape index (κ2) is 6.52. The molecule has 4 heteroatoms. The third kappa shape index (κ3) is 3.22. The van der Waals surface area contributed by atoms with Gasteiger partial charge in [0.25, 0.3) is 5.91 Å². The zero-order valence-electron chi connectivity index (χ0n) is 12.6. The number of nitrogens with two attached hydrogens (primary N) is 1. The molecule has 2 aromatic rings. The smallest absolute Gasteiger partial charge is 0.255 e. The Morgan fingerprint density at radius 3 is 2.32 bits per heavy atom. The van der Waals surface area contributed by atoms with E-state index < -0.39 is 0 Å². The van der Waals surface area contributed by atoms with Gasteiger partial charge in [0.05, 0.1) is 11.4 Å². The molecule has 4 nitrogen and oxygen atoms in total. The van der Waals surface area contributed by atoms with Gasteiger partial charge in [-0.3, -0.25) is 4.79 Å². The van der Waals surface area contributed by atoms with E-state index in [1.807, 2.05) is 36.4 Å². The van der Waals surface area contributed by atoms with Crippen LogP contribution < -0.4 is 16.0 Å². The minimum absolute atomic E-state index is 0.136. The van der Waals surface area contributed by atoms with E-state index in [1.165, 1.54) is 24.9 Å². The number of hydrogen-bond acceptors (Lipinski definition) is 3. The number of hydrogen-bond donors (Lipinski definition) is 2. The molecule has 0 radical (unpaired) electrons. The number of para-hydroxylation sites is 2. The molecule has 0 unspecified atom stereocenters. The van der Waals surface area contributed by atoms with Crippen molar-refractivity contribution in [2.45, 2.75) is 19.3 Å². The quantitative estimate of drug-likeness (QED) is 0.852. The number of amides is 1. The van der Waals surface area contributed by atoms with Crippen molar-refractivity contribution in [1.82, 2.24) is 0 Å². The van der Waals surface area contributed by atoms with Crippen LogP contribution in [0.5, 0.6) is 0 Å². The zero-order valence-corrected chi connectivity index (χ0v) is 12.6. The molecular weight excluding hydrogens is 274 g/mol. The molecule has 1 saturated heterocycles. The normalized spacial score (nSPS) is 14.6. The van der Waals surface area contributed by atoms with Crippen LogP contribution in [0.15, 0.2) is 48.5 Å². The van der Waals surface area contributed by atoms with Crippen LogP contribution in [0.2, 0.25) is 0 Å². The zero-order chi connectivity index (χ0) is 15.4. The summed E-state index contributed by atoms with van der Waals surface area (Å²) < 4.78 is 0. The lowest BCUT2D eigenvalue weighted by atomic mass is 10.1. The largest absolute Gasteiger partial charge is 0.397 e. The Morgan fingerprint density at radius 1 is 0.955 bits per heavy atom. The van der Waals surface area contributed by atoms with E-state index in [0.717, 1.165) is 13.1 Å². The van der Waals surface area contributed by atoms with Crippen molar-refractivity contribution >= 4 is 23.0 Å². The maximum atomic E-state index is 12.3. The Bertz CT molecular complexity index is 646. The summed E-state index contributed by atoms with van der Waals surface area (Å²) in [6.07, 6.45) is 3.81. The number of piperidine rings is 1. The average Bonchev–Trinajstić information content (AvgIpc) is 2.58. The number of carbonyl (C=O) groups is 1. The highest BCUT2D eigenvalue weighted by Crippen LogP contribution is 2.21. The van der Waals surface area contributed by atoms with Crippen LogP contribution in [0, 0.1) is 0 Å². The molecule has 0 atom stereocenters. The van der Waals surface area contributed by atoms with Gasteiger partial charge in [0.15, 0.2) is 0 Å². The van der Waals surface area contributed by atoms with E-state index in [0.29, 0.717) is 16.9 Å². The molecule has 22 heavy (non-hydrogen) atoms. The van der Waals surface area contributed by atoms with Crippen molar-refractivity contribution in [3.05, 3.63) is 54.1 Å². The Hall–Kier alpha value is -2.49. The molecule has 114 valence electrons. The molecule has 2 aromatic carbocycles. The van der Waals surface area contributed by atoms with E-state index in [1.54, 1.807) is 12.1 Å². The monoisotopic (exact) mass is 295 g/mol. The molecule has 1 heterocycles. The first-order chi connectivity index (χ1) is 10.7. The van der Waals surface area contributed by atoms with Crippen LogP contribution in [0.25, 0.3) is 0 Å². The summed E-state index contributed by atoms with van der Waals surface area (Å²) in [5.74, 6) is -0.136. The van der Waals surface area contributed by atoms with Crippen molar-refractivity contribution < 1.29 is 4.79 Å². The highest BCUT2D eigenvalue weighted by molar-refractivity contribution is 6.05. The topological polar surface area (TPSA) is 58.4 Å². The lowest BCUT2D eigenvalue weighted by Crippen LogP contribution is -2.29. The van der Waals surface area contributed by atoms with E-state index in [-0.39, 0.29) is 5.91 Å². The Balaban J connectivity index is 1.69. The number of carbonyl (C=O) groups excluding carboxylic acids is 1. The lowest BCUT2D eigenvalue weighted by Gasteiger charge is -2.28. The molecule has 0 aromatic heterocycles. The highest BCUT2D eigenvalue weighted by Gasteiger charge is 2.12. The first-order valence-corrected chi connectivity index (χ1v) is 7.75. The molecule has 3 rings (SSSR count). The molecule has 0 aliphatic carbocycles. The number of benzene rings is 2. The van der Waals surface area contributed by atoms with Gasteiger partial charge in [-0.1, -0.05) is 12.1 Å². The number of anilines is 3. The minimum atomic E-state index is -0.136. The number of nitrogens with one attached hydrogen (secondary N) is 1. The number of nitrogens with zero attached hydrogens (tertiary/aromatic N) is 1. The lowest BCUT2D eigenvalue weighted by molar-refractivity contribution is 0.102. The minimum Gasteiger partial charge on any atom is -0.397 e. The molecular formula is C18H21N3O. The first kappa shape index (κ1) is 14.4. The van der Waals surface area contributed by atoms with Gasteiger partial charge in [0, 0.05) is 24.3 Å². The third-order valence-electron chi connectivity index (χ3n) is 4.06. The van der Waals surface area contributed by atoms with E-state index in [4.69, 9.17) is 5.73 Å². The molecule has 1 amide bonds. The molecule has 0 saturated carbocycles. The van der Waals surface area contributed by atoms with Gasteiger partial charge in [-0.05, 0) is 55.7 Å². The van der Waals surface area contributed by atoms with E-state index >= 15 is 0 Å². The van der Waals surface area contributed by atoms with E-state index in [9.17, 15) is 4.79 Å². The predicted molar refractivity (Wildman–Crippen MR) is 91.3 cm³/mol. The van der Waals surface area contributed by atoms with Gasteiger partial charge in [-0.15, -0.1) is 0 Å². The number of rotatable bonds is 3. The van der Waals surface area contributed by atoms with E-state index in [2.05, 4.69) is 10.2 Å². The molecule has 1 aliphatic rings. The van der Waals surface area contributed by atoms with Crippen molar-refractivity contribution in [3.63, 3.8) is 0 Å². The van der Waals surface area contributed by atoms with Gasteiger partial charge in [-0.25, -0.2) is 0 Å². The van der Waals surface area contributed by atoms with Gasteiger partial charge in [-0.2, -0.15) is 0 Å². The summed E-state index contributed by atoms with van der Waals surface area (Å²) in [4.78, 5) is 14.6. The van der Waals surface area contributed by atoms with Crippen LogP contribution in [-0.2, 0) is 0 Å². The number of nitrogen functional groups attached to an aromatic ring is 1. The fraction of sp³-hybridized carbons (Fsp3) is 0.278. The third-order valence-corrected chi connectivity index (χ3v) is 4.06. The van der Waals surface area contributed by atoms with Crippen molar-refractivity contribution in [3.8, 4) is 0 Å². The summed E-state index contributed by atoms with van der Waals surface area (Å²) in [6, 6.07) is 15.1. The first-order valence-electron chi connectivity index (χ1n) is 7.75. The standard InChI is InChI=1S/C18H21N3O/c19-16-6-2-3-7-17(16)20-18(22)14-8-10-15(11-9-14)21-12-4-1-5-13-21/h2-3,6-11H,1,4-5,12-13,19H2,(H,20,22). The van der Waals surface area contributed by atoms with Crippen molar-refractivity contribution in [2.24, 2.45) is 0 Å². The molecule has 1 fully saturated rings. The Labute approximate surface area is 130 Å². The average molecular weight is 295 g/mol. The van der Waals surface area contributed by atoms with Gasteiger partial charge in [0.1, 0.15) is 0 Å². The Kier molecular flexibility index (Phi) is 4.28. The second-order valence-corrected chi connectivity index (χ2v) is 5.64. The summed E-state index contributed by atoms with van der Waals surface area (Å²) in [7, 11) is 0. The molecule has 0 bridgehead atoms. The molecule has 0 spiro atoms. The second-order valence-electron chi connectivity index (χ2n) is 5.64. The van der Waals surface area contributed by atoms with Gasteiger partial charge in [0.2, 0.25) is 0 Å². The molecule has 1 aliphatic heterocycles. The summed E-state index contributed by atoms with van der Waals surface area (Å²) in [6.45, 7) is 2.21. The van der Waals surface area contributed by atoms with Crippen LogP contribution in [0.4, 0.5) is 17.1 Å². The van der Waals surface area contributed by atoms with Crippen LogP contribution in [-0.4, -0.2) is 19.0 Å². The maximum Gasteiger partial charge on any atom is 0.255 e. The summed E-state index contributed by atoms with van der Waals surface area (Å²) in [5, 5.41) is 2.85. The highest BCUT2D eigenvalue weighted by atomic mass is 16.1. The molecule has 3 N–H and O–H groups in total. The van der Waals surface area contributed by atoms with Gasteiger partial charge >= 0.3 is 0 Å². The van der Waals surface area contributed by atoms with Gasteiger partial charge < -0.3 is 16.0 Å². The van der Waals surface area contributed by atoms with Crippen molar-refractivity contribution in [2.75, 3.05) is 29.0 Å². The van der Waals surface area contributed by atoms with Crippen LogP contribution >= 0.6 is 0 Å². The summed E-state index contributed by atoms with van der Waals surface area (Å²) >= 11 is 0. The summed E-state index contributed by atoms with van der Waals surface area (Å²) in [5.41, 5.74) is 8.90. The SMILES string of the molecule is Nc1ccccc1NC(=O)c1ccc(N2CCCCC2)cc1. The Morgan fingerprint density at radius 2 is 1.64 bits per heavy atom. The van der Waals surface area contributed by atoms with Crippen LogP contribution in [0.3, 0.4) is 0 Å². The predicted octanol–water partition coefficient (Wildman–Crippen LogP) is 3.51. The fourth-order valence-electron chi connectivity index (χ4n) is 2.78. The fourth-order valence-corrected chi connectivity index (χ4v) is 2.78. The van der Waals surface area contributed by atoms with Crippen molar-refractivity contribution in [1.29, 1.82) is 0 Å².